The van der Waals surface area contributed by atoms with E-state index in [9.17, 15) is 37.5 Å². The maximum Gasteiger partial charge on any atom is 0.284 e. The first kappa shape index (κ1) is 50.5. The van der Waals surface area contributed by atoms with E-state index in [1.165, 1.54) is 35.9 Å². The lowest BCUT2D eigenvalue weighted by atomic mass is 10.0. The number of anilines is 3. The van der Waals surface area contributed by atoms with Crippen molar-refractivity contribution in [2.24, 2.45) is 5.92 Å². The molecule has 1 saturated carbocycles. The van der Waals surface area contributed by atoms with E-state index in [1.807, 2.05) is 0 Å². The molecule has 6 heterocycles. The zero-order chi connectivity index (χ0) is 50.8. The number of carbonyl (C=O) groups excluding carboxylic acids is 6. The number of likely N-dealkylation sites (tertiary alicyclic amines) is 1. The van der Waals surface area contributed by atoms with E-state index < -0.39 is 47.7 Å². The quantitative estimate of drug-likeness (QED) is 0.0415. The second-order valence-electron chi connectivity index (χ2n) is 18.0. The first-order chi connectivity index (χ1) is 35.5. The lowest BCUT2D eigenvalue weighted by Gasteiger charge is -2.33. The smallest absolute Gasteiger partial charge is 0.284 e. The molecular weight excluding hydrogens is 953 g/mol. The molecule has 0 radical (unpaired) electrons. The number of hydrogen-bond donors (Lipinski definition) is 5. The van der Waals surface area contributed by atoms with Crippen LogP contribution in [-0.4, -0.2) is 149 Å². The van der Waals surface area contributed by atoms with Crippen molar-refractivity contribution in [3.05, 3.63) is 101 Å². The highest BCUT2D eigenvalue weighted by Crippen LogP contribution is 2.34. The fraction of sp³-hybridized carbons (Fsp3) is 0.420. The third-order valence-corrected chi connectivity index (χ3v) is 12.8. The fourth-order valence-corrected chi connectivity index (χ4v) is 8.70. The molecule has 5 aromatic rings. The number of aromatic nitrogens is 4. The maximum atomic E-state index is 14.1. The number of piperidine rings is 2. The first-order valence-corrected chi connectivity index (χ1v) is 24.3. The van der Waals surface area contributed by atoms with Gasteiger partial charge in [-0.05, 0) is 86.6 Å². The summed E-state index contributed by atoms with van der Waals surface area (Å²) in [5.74, 6) is -1.78. The molecule has 3 aromatic heterocycles. The Labute approximate surface area is 417 Å². The molecule has 384 valence electrons. The van der Waals surface area contributed by atoms with Gasteiger partial charge in [0.1, 0.15) is 18.1 Å². The van der Waals surface area contributed by atoms with Crippen LogP contribution in [0.2, 0.25) is 0 Å². The number of ether oxygens (including phenoxy) is 3. The lowest BCUT2D eigenvalue weighted by molar-refractivity contribution is -0.136. The van der Waals surface area contributed by atoms with Crippen LogP contribution in [0, 0.1) is 5.92 Å². The summed E-state index contributed by atoms with van der Waals surface area (Å²) >= 11 is 0. The molecule has 6 amide bonds. The van der Waals surface area contributed by atoms with Crippen LogP contribution in [0.3, 0.4) is 0 Å². The molecule has 3 fully saturated rings. The van der Waals surface area contributed by atoms with Crippen molar-refractivity contribution in [1.82, 2.24) is 40.2 Å². The van der Waals surface area contributed by atoms with Gasteiger partial charge in [0.25, 0.3) is 30.1 Å². The van der Waals surface area contributed by atoms with Crippen LogP contribution in [0.1, 0.15) is 92.2 Å². The van der Waals surface area contributed by atoms with E-state index in [0.717, 1.165) is 50.2 Å². The van der Waals surface area contributed by atoms with Crippen molar-refractivity contribution >= 4 is 52.6 Å². The number of halogens is 2. The minimum Gasteiger partial charge on any atom is -0.444 e. The molecular formula is C50H55F2N11O10. The number of alkyl halides is 2. The molecule has 1 unspecified atom stereocenters. The van der Waals surface area contributed by atoms with E-state index in [-0.39, 0.29) is 66.3 Å². The van der Waals surface area contributed by atoms with Crippen LogP contribution in [0.15, 0.2) is 77.7 Å². The van der Waals surface area contributed by atoms with Crippen LogP contribution in [0.4, 0.5) is 26.0 Å². The predicted molar refractivity (Wildman–Crippen MR) is 258 cm³/mol. The van der Waals surface area contributed by atoms with E-state index in [1.54, 1.807) is 48.7 Å². The molecule has 2 saturated heterocycles. The second-order valence-corrected chi connectivity index (χ2v) is 18.0. The second kappa shape index (κ2) is 23.4. The number of benzene rings is 2. The minimum absolute atomic E-state index is 0.0603. The van der Waals surface area contributed by atoms with Crippen LogP contribution in [-0.2, 0) is 23.8 Å². The molecule has 4 aliphatic rings. The Morgan fingerprint density at radius 2 is 1.60 bits per heavy atom. The number of amides is 6. The van der Waals surface area contributed by atoms with Gasteiger partial charge in [0.2, 0.25) is 17.7 Å². The third kappa shape index (κ3) is 12.6. The molecule has 2 aromatic carbocycles. The van der Waals surface area contributed by atoms with Crippen molar-refractivity contribution in [2.45, 2.75) is 57.0 Å². The first-order valence-electron chi connectivity index (χ1n) is 24.3. The van der Waals surface area contributed by atoms with Gasteiger partial charge < -0.3 is 44.8 Å². The number of rotatable bonds is 24. The minimum atomic E-state index is -3.00. The number of hydrogen-bond acceptors (Lipinski definition) is 16. The van der Waals surface area contributed by atoms with Crippen molar-refractivity contribution in [3.63, 3.8) is 0 Å². The molecule has 5 N–H and O–H groups in total. The number of nitrogens with one attached hydrogen (secondary N) is 5. The number of nitrogens with zero attached hydrogens (tertiary/aromatic N) is 6. The largest absolute Gasteiger partial charge is 0.444 e. The van der Waals surface area contributed by atoms with Crippen molar-refractivity contribution in [3.8, 4) is 17.1 Å². The molecule has 21 nitrogen and oxygen atoms in total. The van der Waals surface area contributed by atoms with Crippen molar-refractivity contribution in [2.75, 3.05) is 88.3 Å². The Hall–Kier alpha value is -7.47. The van der Waals surface area contributed by atoms with Crippen LogP contribution in [0.25, 0.3) is 17.1 Å². The molecule has 1 atom stereocenters. The van der Waals surface area contributed by atoms with Gasteiger partial charge in [0.15, 0.2) is 11.4 Å². The average molecular weight is 1010 g/mol. The van der Waals surface area contributed by atoms with Gasteiger partial charge in [-0.15, -0.1) is 0 Å². The van der Waals surface area contributed by atoms with Crippen molar-refractivity contribution in [1.29, 1.82) is 0 Å². The summed E-state index contributed by atoms with van der Waals surface area (Å²) < 4.78 is 51.8. The van der Waals surface area contributed by atoms with Gasteiger partial charge in [0.05, 0.1) is 68.3 Å². The summed E-state index contributed by atoms with van der Waals surface area (Å²) in [6, 6.07) is 13.7. The van der Waals surface area contributed by atoms with Gasteiger partial charge in [-0.3, -0.25) is 39.0 Å². The standard InChI is InChI=1S/C50H55F2N11O10/c51-44(52)43-37(57-46(66)38-29-73-48(58-38)32-12-15-53-40(26-32)55-27-30-4-5-30)28-62(60-43)34-8-6-31(7-9-34)45(65)54-16-20-70-22-24-72-25-23-71-21-19-61-17-13-33(14-18-61)56-36-3-1-2-35-42(36)50(69)63(49(35)68)39-10-11-41(64)59-47(39)67/h1-3,6-9,12,15,26,28-30,33,39,44,56H,4-5,10-11,13-14,16-25,27H2,(H,53,55)(H,54,65)(H,57,66)(H,59,64,67). The highest BCUT2D eigenvalue weighted by molar-refractivity contribution is 6.25. The summed E-state index contributed by atoms with van der Waals surface area (Å²) in [4.78, 5) is 88.5. The zero-order valence-electron chi connectivity index (χ0n) is 39.8. The molecule has 9 rings (SSSR count). The lowest BCUT2D eigenvalue weighted by Crippen LogP contribution is -2.54. The van der Waals surface area contributed by atoms with Crippen molar-refractivity contribution < 1.29 is 56.2 Å². The van der Waals surface area contributed by atoms with Gasteiger partial charge in [-0.1, -0.05) is 6.07 Å². The molecule has 73 heavy (non-hydrogen) atoms. The number of carbonyl (C=O) groups is 6. The third-order valence-electron chi connectivity index (χ3n) is 12.8. The Balaban J connectivity index is 0.617. The molecule has 1 aliphatic carbocycles. The summed E-state index contributed by atoms with van der Waals surface area (Å²) in [6.45, 7) is 5.68. The fourth-order valence-electron chi connectivity index (χ4n) is 8.70. The summed E-state index contributed by atoms with van der Waals surface area (Å²) in [5.41, 5.74) is 1.40. The van der Waals surface area contributed by atoms with E-state index in [2.05, 4.69) is 46.6 Å². The van der Waals surface area contributed by atoms with Crippen LogP contribution in [0.5, 0.6) is 0 Å². The summed E-state index contributed by atoms with van der Waals surface area (Å²) in [6.07, 6.45) is 5.18. The highest BCUT2D eigenvalue weighted by Gasteiger charge is 2.46. The van der Waals surface area contributed by atoms with E-state index >= 15 is 0 Å². The zero-order valence-corrected chi connectivity index (χ0v) is 39.8. The summed E-state index contributed by atoms with van der Waals surface area (Å²) in [7, 11) is 0. The Morgan fingerprint density at radius 3 is 2.34 bits per heavy atom. The topological polar surface area (TPSA) is 253 Å². The van der Waals surface area contributed by atoms with Gasteiger partial charge in [0, 0.05) is 68.2 Å². The monoisotopic (exact) mass is 1010 g/mol. The van der Waals surface area contributed by atoms with Gasteiger partial charge in [-0.25, -0.2) is 23.4 Å². The maximum absolute atomic E-state index is 14.1. The Morgan fingerprint density at radius 1 is 0.849 bits per heavy atom. The highest BCUT2D eigenvalue weighted by atomic mass is 19.3. The predicted octanol–water partition coefficient (Wildman–Crippen LogP) is 4.69. The Bertz CT molecular complexity index is 2810. The van der Waals surface area contributed by atoms with Crippen LogP contribution >= 0.6 is 0 Å². The molecule has 3 aliphatic heterocycles. The van der Waals surface area contributed by atoms with E-state index in [4.69, 9.17) is 18.6 Å². The number of oxazole rings is 1. The summed E-state index contributed by atoms with van der Waals surface area (Å²) in [5, 5.41) is 18.2. The SMILES string of the molecule is O=C1CCC(N2C(=O)c3cccc(NC4CCN(CCOCCOCCOCCNC(=O)c5ccc(-n6cc(NC(=O)c7coc(-c8ccnc(NCC9CC9)c8)n7)c(C(F)F)n6)cc5)CC4)c3C2=O)C(=O)N1. The van der Waals surface area contributed by atoms with Crippen LogP contribution < -0.4 is 26.6 Å². The van der Waals surface area contributed by atoms with E-state index in [0.29, 0.717) is 67.3 Å². The van der Waals surface area contributed by atoms with Gasteiger partial charge in [-0.2, -0.15) is 5.10 Å². The Kier molecular flexibility index (Phi) is 16.2. The molecule has 23 heteroatoms. The average Bonchev–Trinajstić information content (AvgIpc) is 3.80. The normalized spacial score (nSPS) is 17.2. The number of fused-ring (bicyclic) bond motifs is 1. The number of pyridine rings is 1. The molecule has 0 bridgehead atoms. The van der Waals surface area contributed by atoms with Gasteiger partial charge >= 0.3 is 0 Å². The molecule has 0 spiro atoms. The number of imide groups is 2.